The van der Waals surface area contributed by atoms with Crippen LogP contribution in [0.25, 0.3) is 11.1 Å². The largest absolute Gasteiger partial charge is 0.0776 e. The highest BCUT2D eigenvalue weighted by atomic mass is 14.0. The van der Waals surface area contributed by atoms with E-state index in [-0.39, 0.29) is 14.9 Å². The maximum atomic E-state index is 2.20. The Kier molecular flexibility index (Phi) is 5.40. The first-order valence-electron chi connectivity index (χ1n) is 4.48. The van der Waals surface area contributed by atoms with Gasteiger partial charge in [0.1, 0.15) is 0 Å². The monoisotopic (exact) mass is 200 g/mol. The predicted molar refractivity (Wildman–Crippen MR) is 70.1 cm³/mol. The molecule has 0 heterocycles. The number of aryl methyl sites for hydroxylation is 1. The van der Waals surface area contributed by atoms with Gasteiger partial charge in [-0.3, -0.25) is 0 Å². The van der Waals surface area contributed by atoms with Crippen molar-refractivity contribution in [1.82, 2.24) is 0 Å². The summed E-state index contributed by atoms with van der Waals surface area (Å²) >= 11 is 0. The average Bonchev–Trinajstić information content (AvgIpc) is 2.19. The van der Waals surface area contributed by atoms with Crippen molar-refractivity contribution >= 4 is 0 Å². The second-order valence-corrected chi connectivity index (χ2v) is 3.24. The van der Waals surface area contributed by atoms with Gasteiger partial charge in [0.25, 0.3) is 0 Å². The van der Waals surface area contributed by atoms with E-state index in [9.17, 15) is 0 Å². The van der Waals surface area contributed by atoms with Crippen LogP contribution in [0.4, 0.5) is 0 Å². The van der Waals surface area contributed by atoms with Crippen LogP contribution in [0.15, 0.2) is 54.6 Å². The van der Waals surface area contributed by atoms with Gasteiger partial charge >= 0.3 is 0 Å². The van der Waals surface area contributed by atoms with E-state index in [4.69, 9.17) is 0 Å². The van der Waals surface area contributed by atoms with E-state index in [0.29, 0.717) is 0 Å². The molecule has 0 atom stereocenters. The van der Waals surface area contributed by atoms with Crippen LogP contribution in [-0.2, 0) is 0 Å². The first kappa shape index (κ1) is 13.4. The zero-order valence-corrected chi connectivity index (χ0v) is 7.70. The Morgan fingerprint density at radius 2 is 1.27 bits per heavy atom. The fourth-order valence-electron chi connectivity index (χ4n) is 1.46. The quantitative estimate of drug-likeness (QED) is 0.612. The van der Waals surface area contributed by atoms with Crippen LogP contribution in [0, 0.1) is 6.92 Å². The lowest BCUT2D eigenvalue weighted by atomic mass is 10.0. The van der Waals surface area contributed by atoms with Crippen LogP contribution in [0.3, 0.4) is 0 Å². The van der Waals surface area contributed by atoms with Gasteiger partial charge in [-0.1, -0.05) is 75.0 Å². The molecule has 80 valence electrons. The van der Waals surface area contributed by atoms with Crippen molar-refractivity contribution < 1.29 is 0 Å². The molecule has 0 unspecified atom stereocenters. The summed E-state index contributed by atoms with van der Waals surface area (Å²) in [5.41, 5.74) is 3.88. The molecular formula is C15H20. The number of hydrogen-bond donors (Lipinski definition) is 0. The molecule has 0 heteroatoms. The number of hydrogen-bond acceptors (Lipinski definition) is 0. The molecule has 0 N–H and O–H groups in total. The molecule has 0 radical (unpaired) electrons. The van der Waals surface area contributed by atoms with Crippen molar-refractivity contribution in [2.24, 2.45) is 0 Å². The van der Waals surface area contributed by atoms with Gasteiger partial charge < -0.3 is 0 Å². The molecule has 0 amide bonds. The lowest BCUT2D eigenvalue weighted by Crippen LogP contribution is -1.77. The van der Waals surface area contributed by atoms with Gasteiger partial charge in [0, 0.05) is 0 Å². The van der Waals surface area contributed by atoms with Gasteiger partial charge in [0.05, 0.1) is 0 Å². The maximum Gasteiger partial charge on any atom is -0.0181 e. The Balaban J connectivity index is 0.000000980. The van der Waals surface area contributed by atoms with Gasteiger partial charge in [0.2, 0.25) is 0 Å². The standard InChI is InChI=1S/C13H12.2CH4/c1-11-6-5-9-13(10-11)12-7-3-2-4-8-12;;/h2-10H,1H3;2*1H4. The van der Waals surface area contributed by atoms with Crippen LogP contribution in [0.5, 0.6) is 0 Å². The highest BCUT2D eigenvalue weighted by molar-refractivity contribution is 5.63. The van der Waals surface area contributed by atoms with Crippen molar-refractivity contribution in [1.29, 1.82) is 0 Å². The maximum absolute atomic E-state index is 2.20. The average molecular weight is 200 g/mol. The normalized spacial score (nSPS) is 8.60. The molecule has 2 aromatic carbocycles. The molecule has 0 bridgehead atoms. The molecule has 0 spiro atoms. The molecule has 0 aliphatic carbocycles. The Morgan fingerprint density at radius 3 is 1.87 bits per heavy atom. The van der Waals surface area contributed by atoms with Gasteiger partial charge in [-0.05, 0) is 18.1 Å². The summed E-state index contributed by atoms with van der Waals surface area (Å²) in [4.78, 5) is 0. The van der Waals surface area contributed by atoms with E-state index >= 15 is 0 Å². The van der Waals surface area contributed by atoms with Crippen molar-refractivity contribution in [3.63, 3.8) is 0 Å². The fraction of sp³-hybridized carbons (Fsp3) is 0.200. The van der Waals surface area contributed by atoms with E-state index in [0.717, 1.165) is 0 Å². The summed E-state index contributed by atoms with van der Waals surface area (Å²) in [6, 6.07) is 19.0. The summed E-state index contributed by atoms with van der Waals surface area (Å²) < 4.78 is 0. The highest BCUT2D eigenvalue weighted by Gasteiger charge is 1.94. The Hall–Kier alpha value is -1.56. The topological polar surface area (TPSA) is 0 Å². The second kappa shape index (κ2) is 6.02. The second-order valence-electron chi connectivity index (χ2n) is 3.24. The summed E-state index contributed by atoms with van der Waals surface area (Å²) in [6.45, 7) is 2.12. The fourth-order valence-corrected chi connectivity index (χ4v) is 1.46. The number of benzene rings is 2. The molecule has 0 aliphatic rings. The zero-order valence-electron chi connectivity index (χ0n) is 7.70. The minimum atomic E-state index is 0. The number of rotatable bonds is 1. The van der Waals surface area contributed by atoms with Crippen molar-refractivity contribution in [2.75, 3.05) is 0 Å². The first-order valence-corrected chi connectivity index (χ1v) is 4.48. The molecule has 2 rings (SSSR count). The molecule has 0 nitrogen and oxygen atoms in total. The molecule has 15 heavy (non-hydrogen) atoms. The lowest BCUT2D eigenvalue weighted by molar-refractivity contribution is 1.47. The molecule has 0 saturated heterocycles. The van der Waals surface area contributed by atoms with Crippen molar-refractivity contribution in [3.05, 3.63) is 60.2 Å². The predicted octanol–water partition coefficient (Wildman–Crippen LogP) is 4.93. The highest BCUT2D eigenvalue weighted by Crippen LogP contribution is 2.19. The van der Waals surface area contributed by atoms with Gasteiger partial charge in [-0.2, -0.15) is 0 Å². The summed E-state index contributed by atoms with van der Waals surface area (Å²) in [5.74, 6) is 0. The minimum Gasteiger partial charge on any atom is -0.0776 e. The van der Waals surface area contributed by atoms with Crippen LogP contribution >= 0.6 is 0 Å². The summed E-state index contributed by atoms with van der Waals surface area (Å²) in [5, 5.41) is 0. The van der Waals surface area contributed by atoms with Gasteiger partial charge in [-0.15, -0.1) is 0 Å². The third kappa shape index (κ3) is 3.25. The van der Waals surface area contributed by atoms with Gasteiger partial charge in [-0.25, -0.2) is 0 Å². The Morgan fingerprint density at radius 1 is 0.667 bits per heavy atom. The van der Waals surface area contributed by atoms with Crippen LogP contribution < -0.4 is 0 Å². The van der Waals surface area contributed by atoms with E-state index in [2.05, 4.69) is 55.5 Å². The van der Waals surface area contributed by atoms with Crippen LogP contribution in [0.1, 0.15) is 20.4 Å². The third-order valence-electron chi connectivity index (χ3n) is 2.13. The minimum absolute atomic E-state index is 0. The van der Waals surface area contributed by atoms with Gasteiger partial charge in [0.15, 0.2) is 0 Å². The van der Waals surface area contributed by atoms with E-state index < -0.39 is 0 Å². The van der Waals surface area contributed by atoms with Crippen molar-refractivity contribution in [3.8, 4) is 11.1 Å². The van der Waals surface area contributed by atoms with Crippen molar-refractivity contribution in [2.45, 2.75) is 21.8 Å². The molecule has 0 fully saturated rings. The molecular weight excluding hydrogens is 180 g/mol. The van der Waals surface area contributed by atoms with E-state index in [1.165, 1.54) is 16.7 Å². The lowest BCUT2D eigenvalue weighted by Gasteiger charge is -2.01. The van der Waals surface area contributed by atoms with E-state index in [1.54, 1.807) is 0 Å². The molecule has 0 aliphatic heterocycles. The Bertz CT molecular complexity index is 388. The third-order valence-corrected chi connectivity index (χ3v) is 2.13. The molecule has 0 aromatic heterocycles. The Labute approximate surface area is 93.6 Å². The SMILES string of the molecule is C.C.Cc1cccc(-c2ccccc2)c1. The zero-order chi connectivity index (χ0) is 9.10. The first-order chi connectivity index (χ1) is 6.36. The molecule has 2 aromatic rings. The smallest absolute Gasteiger partial charge is 0.0181 e. The molecule has 0 saturated carbocycles. The summed E-state index contributed by atoms with van der Waals surface area (Å²) in [6.07, 6.45) is 0. The van der Waals surface area contributed by atoms with E-state index in [1.807, 2.05) is 6.07 Å². The summed E-state index contributed by atoms with van der Waals surface area (Å²) in [7, 11) is 0. The van der Waals surface area contributed by atoms with Crippen LogP contribution in [0.2, 0.25) is 0 Å². The van der Waals surface area contributed by atoms with Crippen LogP contribution in [-0.4, -0.2) is 0 Å².